The lowest BCUT2D eigenvalue weighted by Gasteiger charge is -2.55. The third-order valence-electron chi connectivity index (χ3n) is 3.98. The molecule has 94 valence electrons. The van der Waals surface area contributed by atoms with Crippen LogP contribution in [0.15, 0.2) is 18.5 Å². The number of ether oxygens (including phenoxy) is 1. The molecule has 0 aromatic carbocycles. The van der Waals surface area contributed by atoms with E-state index in [1.165, 1.54) is 14.6 Å². The molecule has 5 heteroatoms. The van der Waals surface area contributed by atoms with Gasteiger partial charge in [-0.1, -0.05) is 0 Å². The molecule has 18 heavy (non-hydrogen) atoms. The summed E-state index contributed by atoms with van der Waals surface area (Å²) in [5.74, 6) is 0. The van der Waals surface area contributed by atoms with Crippen LogP contribution in [-0.4, -0.2) is 35.9 Å². The topological polar surface area (TPSA) is 30.3 Å². The van der Waals surface area contributed by atoms with Crippen molar-refractivity contribution in [2.45, 2.75) is 0 Å². The molecule has 2 aliphatic rings. The number of hydrogen-bond donors (Lipinski definition) is 0. The van der Waals surface area contributed by atoms with Gasteiger partial charge in [-0.05, 0) is 28.7 Å². The van der Waals surface area contributed by atoms with Crippen LogP contribution >= 0.6 is 22.6 Å². The summed E-state index contributed by atoms with van der Waals surface area (Å²) in [6, 6.07) is 2.26. The molecule has 2 aromatic heterocycles. The first-order valence-corrected chi connectivity index (χ1v) is 7.18. The molecule has 0 N–H and O–H groups in total. The highest BCUT2D eigenvalue weighted by molar-refractivity contribution is 14.1. The smallest absolute Gasteiger partial charge is 0.140 e. The molecule has 0 unspecified atom stereocenters. The molecule has 0 atom stereocenters. The van der Waals surface area contributed by atoms with E-state index < -0.39 is 0 Å². The van der Waals surface area contributed by atoms with E-state index in [4.69, 9.17) is 4.74 Å². The molecule has 2 aromatic rings. The maximum Gasteiger partial charge on any atom is 0.140 e. The number of aryl methyl sites for hydroxylation is 1. The summed E-state index contributed by atoms with van der Waals surface area (Å²) < 4.78 is 8.66. The Hall–Kier alpha value is -0.820. The zero-order valence-corrected chi connectivity index (χ0v) is 12.3. The Morgan fingerprint density at radius 3 is 2.83 bits per heavy atom. The maximum absolute atomic E-state index is 5.31. The fourth-order valence-corrected chi connectivity index (χ4v) is 3.71. The summed E-state index contributed by atoms with van der Waals surface area (Å²) in [5.41, 5.74) is 2.76. The minimum Gasteiger partial charge on any atom is -0.380 e. The van der Waals surface area contributed by atoms with Gasteiger partial charge in [0.1, 0.15) is 5.65 Å². The molecular weight excluding hydrogens is 341 g/mol. The number of pyridine rings is 1. The van der Waals surface area contributed by atoms with Gasteiger partial charge in [0.05, 0.1) is 30.5 Å². The van der Waals surface area contributed by atoms with Gasteiger partial charge in [0.25, 0.3) is 0 Å². The molecule has 0 radical (unpaired) electrons. The Balaban J connectivity index is 1.68. The van der Waals surface area contributed by atoms with Crippen LogP contribution in [0.5, 0.6) is 0 Å². The number of anilines is 1. The number of rotatable bonds is 1. The predicted molar refractivity (Wildman–Crippen MR) is 78.9 cm³/mol. The van der Waals surface area contributed by atoms with E-state index in [0.717, 1.165) is 32.0 Å². The zero-order valence-electron chi connectivity index (χ0n) is 10.2. The van der Waals surface area contributed by atoms with Crippen LogP contribution in [0.3, 0.4) is 0 Å². The third kappa shape index (κ3) is 1.43. The molecule has 0 aliphatic carbocycles. The van der Waals surface area contributed by atoms with Gasteiger partial charge >= 0.3 is 0 Å². The fourth-order valence-electron chi connectivity index (χ4n) is 2.90. The first-order valence-electron chi connectivity index (χ1n) is 6.10. The second kappa shape index (κ2) is 3.60. The number of fused-ring (bicyclic) bond motifs is 1. The maximum atomic E-state index is 5.31. The normalized spacial score (nSPS) is 21.1. The monoisotopic (exact) mass is 355 g/mol. The average molecular weight is 355 g/mol. The summed E-state index contributed by atoms with van der Waals surface area (Å²) >= 11 is 2.38. The Kier molecular flexibility index (Phi) is 2.21. The lowest BCUT2D eigenvalue weighted by atomic mass is 9.78. The van der Waals surface area contributed by atoms with Crippen molar-refractivity contribution in [3.05, 3.63) is 22.0 Å². The number of nitrogens with zero attached hydrogens (tertiary/aromatic N) is 3. The molecular formula is C13H14IN3O. The van der Waals surface area contributed by atoms with E-state index in [9.17, 15) is 0 Å². The highest BCUT2D eigenvalue weighted by Gasteiger charge is 2.49. The molecule has 1 spiro atoms. The van der Waals surface area contributed by atoms with E-state index in [1.54, 1.807) is 0 Å². The van der Waals surface area contributed by atoms with Crippen LogP contribution in [0.1, 0.15) is 0 Å². The van der Waals surface area contributed by atoms with E-state index in [0.29, 0.717) is 5.41 Å². The molecule has 2 fully saturated rings. The van der Waals surface area contributed by atoms with Crippen LogP contribution in [0, 0.1) is 8.99 Å². The van der Waals surface area contributed by atoms with Crippen LogP contribution in [0.2, 0.25) is 0 Å². The third-order valence-corrected chi connectivity index (χ3v) is 4.84. The van der Waals surface area contributed by atoms with E-state index in [1.807, 2.05) is 13.2 Å². The second-order valence-electron chi connectivity index (χ2n) is 5.50. The molecule has 0 amide bonds. The Morgan fingerprint density at radius 1 is 1.39 bits per heavy atom. The molecule has 2 saturated heterocycles. The van der Waals surface area contributed by atoms with Gasteiger partial charge in [0, 0.05) is 35.3 Å². The van der Waals surface area contributed by atoms with Crippen molar-refractivity contribution < 1.29 is 4.74 Å². The summed E-state index contributed by atoms with van der Waals surface area (Å²) in [5, 5.41) is 1.25. The molecule has 0 bridgehead atoms. The number of hydrogen-bond acceptors (Lipinski definition) is 3. The second-order valence-corrected chi connectivity index (χ2v) is 6.66. The minimum absolute atomic E-state index is 0.457. The van der Waals surface area contributed by atoms with Gasteiger partial charge in [0.15, 0.2) is 0 Å². The lowest BCUT2D eigenvalue weighted by molar-refractivity contribution is -0.127. The molecule has 0 saturated carbocycles. The highest BCUT2D eigenvalue weighted by Crippen LogP contribution is 2.40. The molecule has 2 aliphatic heterocycles. The average Bonchev–Trinajstić information content (AvgIpc) is 2.51. The Morgan fingerprint density at radius 2 is 2.17 bits per heavy atom. The van der Waals surface area contributed by atoms with E-state index >= 15 is 0 Å². The van der Waals surface area contributed by atoms with Crippen LogP contribution in [0.25, 0.3) is 11.0 Å². The van der Waals surface area contributed by atoms with Crippen LogP contribution in [-0.2, 0) is 11.8 Å². The number of halogens is 1. The van der Waals surface area contributed by atoms with E-state index in [-0.39, 0.29) is 0 Å². The van der Waals surface area contributed by atoms with Gasteiger partial charge in [0.2, 0.25) is 0 Å². The van der Waals surface area contributed by atoms with Crippen molar-refractivity contribution >= 4 is 39.3 Å². The summed E-state index contributed by atoms with van der Waals surface area (Å²) in [7, 11) is 2.04. The molecule has 4 rings (SSSR count). The van der Waals surface area contributed by atoms with Crippen LogP contribution in [0.4, 0.5) is 5.69 Å². The summed E-state index contributed by atoms with van der Waals surface area (Å²) in [6.07, 6.45) is 4.12. The highest BCUT2D eigenvalue weighted by atomic mass is 127. The van der Waals surface area contributed by atoms with Crippen molar-refractivity contribution in [3.8, 4) is 0 Å². The van der Waals surface area contributed by atoms with Gasteiger partial charge in [-0.15, -0.1) is 0 Å². The van der Waals surface area contributed by atoms with Crippen molar-refractivity contribution in [3.63, 3.8) is 0 Å². The molecule has 4 nitrogen and oxygen atoms in total. The van der Waals surface area contributed by atoms with Gasteiger partial charge in [-0.25, -0.2) is 4.98 Å². The predicted octanol–water partition coefficient (Wildman–Crippen LogP) is 2.01. The van der Waals surface area contributed by atoms with E-state index in [2.05, 4.69) is 49.3 Å². The standard InChI is InChI=1S/C13H14IN3O/c1-16-4-11(14)10-2-9(3-15-12(10)16)17-5-13(6-17)7-18-8-13/h2-4H,5-8H2,1H3. The lowest BCUT2D eigenvalue weighted by Crippen LogP contribution is -2.66. The van der Waals surface area contributed by atoms with Crippen molar-refractivity contribution in [1.82, 2.24) is 9.55 Å². The quantitative estimate of drug-likeness (QED) is 0.734. The zero-order chi connectivity index (χ0) is 12.3. The summed E-state index contributed by atoms with van der Waals surface area (Å²) in [6.45, 7) is 4.09. The SMILES string of the molecule is Cn1cc(I)c2cc(N3CC4(COC4)C3)cnc21. The van der Waals surface area contributed by atoms with Crippen LogP contribution < -0.4 is 4.90 Å². The van der Waals surface area contributed by atoms with Gasteiger partial charge < -0.3 is 14.2 Å². The Labute approximate surface area is 119 Å². The largest absolute Gasteiger partial charge is 0.380 e. The number of aromatic nitrogens is 2. The fraction of sp³-hybridized carbons (Fsp3) is 0.462. The van der Waals surface area contributed by atoms with Crippen molar-refractivity contribution in [1.29, 1.82) is 0 Å². The molecule has 4 heterocycles. The first kappa shape index (κ1) is 11.0. The van der Waals surface area contributed by atoms with Crippen molar-refractivity contribution in [2.24, 2.45) is 12.5 Å². The Bertz CT molecular complexity index is 624. The minimum atomic E-state index is 0.457. The van der Waals surface area contributed by atoms with Gasteiger partial charge in [-0.2, -0.15) is 0 Å². The van der Waals surface area contributed by atoms with Crippen molar-refractivity contribution in [2.75, 3.05) is 31.2 Å². The first-order chi connectivity index (χ1) is 8.67. The summed E-state index contributed by atoms with van der Waals surface area (Å²) in [4.78, 5) is 6.98. The van der Waals surface area contributed by atoms with Gasteiger partial charge in [-0.3, -0.25) is 0 Å².